The van der Waals surface area contributed by atoms with Crippen LogP contribution in [0, 0.1) is 4.91 Å². The lowest BCUT2D eigenvalue weighted by molar-refractivity contribution is -0.822. The van der Waals surface area contributed by atoms with Crippen LogP contribution in [0.2, 0.25) is 0 Å². The van der Waals surface area contributed by atoms with Gasteiger partial charge < -0.3 is 10.6 Å². The molecule has 120 valence electrons. The van der Waals surface area contributed by atoms with Crippen molar-refractivity contribution in [3.05, 3.63) is 34.7 Å². The first-order chi connectivity index (χ1) is 10.6. The summed E-state index contributed by atoms with van der Waals surface area (Å²) in [5.74, 6) is 0.700. The van der Waals surface area contributed by atoms with Gasteiger partial charge in [0.1, 0.15) is 4.91 Å². The van der Waals surface area contributed by atoms with Gasteiger partial charge in [-0.25, -0.2) is 5.21 Å². The summed E-state index contributed by atoms with van der Waals surface area (Å²) in [6, 6.07) is 7.52. The molecule has 0 aliphatic carbocycles. The van der Waals surface area contributed by atoms with E-state index in [0.717, 1.165) is 11.3 Å². The topological polar surface area (TPSA) is 106 Å². The van der Waals surface area contributed by atoms with Crippen LogP contribution in [0.1, 0.15) is 5.56 Å². The highest BCUT2D eigenvalue weighted by molar-refractivity contribution is 6.18. The molecule has 0 bridgehead atoms. The van der Waals surface area contributed by atoms with Crippen molar-refractivity contribution in [2.45, 2.75) is 0 Å². The first-order valence-corrected chi connectivity index (χ1v) is 7.40. The molecule has 0 saturated carbocycles. The summed E-state index contributed by atoms with van der Waals surface area (Å²) in [7, 11) is 0. The second-order valence-corrected chi connectivity index (χ2v) is 4.83. The number of alkyl halides is 2. The maximum Gasteiger partial charge on any atom is 0.362 e. The molecule has 0 unspecified atom stereocenters. The summed E-state index contributed by atoms with van der Waals surface area (Å²) >= 11 is 11.5. The summed E-state index contributed by atoms with van der Waals surface area (Å²) < 4.78 is 0. The number of hydrogen-bond acceptors (Lipinski definition) is 4. The number of benzene rings is 1. The Bertz CT molecular complexity index is 529. The third-order valence-corrected chi connectivity index (χ3v) is 2.89. The third-order valence-electron chi connectivity index (χ3n) is 2.55. The van der Waals surface area contributed by atoms with E-state index in [0.29, 0.717) is 24.8 Å². The van der Waals surface area contributed by atoms with Crippen LogP contribution in [0.15, 0.2) is 34.5 Å². The molecule has 0 atom stereocenters. The lowest BCUT2D eigenvalue weighted by Gasteiger charge is -2.22. The predicted molar refractivity (Wildman–Crippen MR) is 87.9 cm³/mol. The van der Waals surface area contributed by atoms with Gasteiger partial charge in [0, 0.05) is 30.5 Å². The van der Waals surface area contributed by atoms with Gasteiger partial charge in [-0.15, -0.1) is 28.3 Å². The summed E-state index contributed by atoms with van der Waals surface area (Å²) in [5, 5.41) is 14.9. The monoisotopic (exact) mass is 347 g/mol. The minimum Gasteiger partial charge on any atom is -0.369 e. The molecule has 0 saturated heterocycles. The fourth-order valence-corrected chi connectivity index (χ4v) is 2.03. The predicted octanol–water partition coefficient (Wildman–Crippen LogP) is 1.29. The molecule has 0 aliphatic rings. The van der Waals surface area contributed by atoms with E-state index >= 15 is 0 Å². The average Bonchev–Trinajstić information content (AvgIpc) is 2.47. The van der Waals surface area contributed by atoms with Crippen molar-refractivity contribution in [1.29, 1.82) is 0 Å². The van der Waals surface area contributed by atoms with Crippen LogP contribution in [-0.4, -0.2) is 47.3 Å². The van der Waals surface area contributed by atoms with Crippen molar-refractivity contribution in [2.75, 3.05) is 29.7 Å². The molecule has 0 aliphatic heterocycles. The normalized spacial score (nSPS) is 11.6. The molecule has 8 nitrogen and oxygen atoms in total. The maximum absolute atomic E-state index is 10.2. The van der Waals surface area contributed by atoms with Gasteiger partial charge in [-0.3, -0.25) is 0 Å². The molecular formula is C12H17Cl2N6O2+. The SMILES string of the molecule is N/C(=N\N=C\c1ccc(N(CCCl)CCCl)cc1)N[N+](=O)O. The van der Waals surface area contributed by atoms with Gasteiger partial charge in [0.2, 0.25) is 0 Å². The molecule has 0 aromatic heterocycles. The zero-order chi connectivity index (χ0) is 16.4. The molecule has 1 rings (SSSR count). The van der Waals surface area contributed by atoms with Crippen molar-refractivity contribution in [1.82, 2.24) is 5.43 Å². The highest BCUT2D eigenvalue weighted by Crippen LogP contribution is 2.15. The molecule has 0 heterocycles. The van der Waals surface area contributed by atoms with E-state index in [1.165, 1.54) is 6.21 Å². The first kappa shape index (κ1) is 18.0. The van der Waals surface area contributed by atoms with Crippen molar-refractivity contribution in [3.8, 4) is 0 Å². The maximum atomic E-state index is 10.2. The minimum absolute atomic E-state index is 0.333. The van der Waals surface area contributed by atoms with E-state index in [1.54, 1.807) is 5.43 Å². The minimum atomic E-state index is -0.564. The lowest BCUT2D eigenvalue weighted by Crippen LogP contribution is -2.36. The van der Waals surface area contributed by atoms with Gasteiger partial charge >= 0.3 is 5.03 Å². The Morgan fingerprint density at radius 3 is 2.41 bits per heavy atom. The fourth-order valence-electron chi connectivity index (χ4n) is 1.62. The van der Waals surface area contributed by atoms with Crippen LogP contribution in [0.4, 0.5) is 5.69 Å². The molecule has 0 fully saturated rings. The largest absolute Gasteiger partial charge is 0.369 e. The molecule has 1 aromatic rings. The Hall–Kier alpha value is -2.06. The number of nitrogens with zero attached hydrogens (tertiary/aromatic N) is 4. The van der Waals surface area contributed by atoms with Gasteiger partial charge in [0.25, 0.3) is 5.96 Å². The van der Waals surface area contributed by atoms with Crippen molar-refractivity contribution in [2.24, 2.45) is 15.9 Å². The number of nitrogens with one attached hydrogen (secondary N) is 1. The number of hydrazine groups is 1. The van der Waals surface area contributed by atoms with E-state index < -0.39 is 5.03 Å². The number of guanidine groups is 1. The number of hydrogen-bond donors (Lipinski definition) is 3. The Kier molecular flexibility index (Phi) is 8.01. The van der Waals surface area contributed by atoms with Gasteiger partial charge in [0.15, 0.2) is 0 Å². The Balaban J connectivity index is 2.69. The molecule has 10 heteroatoms. The molecular weight excluding hydrogens is 331 g/mol. The van der Waals surface area contributed by atoms with E-state index in [-0.39, 0.29) is 5.96 Å². The standard InChI is InChI=1S/C12H17Cl2N6O2/c13-5-7-19(8-6-14)11-3-1-10(2-4-11)9-16-17-12(15)18-20(21)22/h1-4,9H,5-8H2,(H,21,22)(H3,15,17,18)/q+1/b16-9+. The van der Waals surface area contributed by atoms with Crippen LogP contribution in [-0.2, 0) is 0 Å². The van der Waals surface area contributed by atoms with Gasteiger partial charge in [-0.2, -0.15) is 5.10 Å². The summed E-state index contributed by atoms with van der Waals surface area (Å²) in [5.41, 5.74) is 8.85. The van der Waals surface area contributed by atoms with E-state index in [1.807, 2.05) is 24.3 Å². The second kappa shape index (κ2) is 9.80. The van der Waals surface area contributed by atoms with E-state index in [4.69, 9.17) is 34.1 Å². The number of rotatable bonds is 8. The molecule has 0 amide bonds. The number of halogens is 2. The number of anilines is 1. The summed E-state index contributed by atoms with van der Waals surface area (Å²) in [6.07, 6.45) is 1.46. The Labute approximate surface area is 137 Å². The molecule has 1 aromatic carbocycles. The quantitative estimate of drug-likeness (QED) is 0.284. The first-order valence-electron chi connectivity index (χ1n) is 6.33. The van der Waals surface area contributed by atoms with Crippen molar-refractivity contribution < 1.29 is 10.2 Å². The molecule has 22 heavy (non-hydrogen) atoms. The fraction of sp³-hybridized carbons (Fsp3) is 0.333. The van der Waals surface area contributed by atoms with E-state index in [9.17, 15) is 4.91 Å². The molecule has 0 spiro atoms. The molecule has 0 radical (unpaired) electrons. The highest BCUT2D eigenvalue weighted by Gasteiger charge is 2.05. The zero-order valence-corrected chi connectivity index (χ0v) is 13.2. The smallest absolute Gasteiger partial charge is 0.362 e. The van der Waals surface area contributed by atoms with Crippen LogP contribution in [0.5, 0.6) is 0 Å². The third kappa shape index (κ3) is 6.59. The average molecular weight is 348 g/mol. The zero-order valence-electron chi connectivity index (χ0n) is 11.7. The van der Waals surface area contributed by atoms with Crippen LogP contribution < -0.4 is 16.1 Å². The van der Waals surface area contributed by atoms with Crippen LogP contribution in [0.25, 0.3) is 0 Å². The van der Waals surface area contributed by atoms with E-state index in [2.05, 4.69) is 15.1 Å². The summed E-state index contributed by atoms with van der Waals surface area (Å²) in [6.45, 7) is 1.42. The highest BCUT2D eigenvalue weighted by atomic mass is 35.5. The van der Waals surface area contributed by atoms with Crippen molar-refractivity contribution in [3.63, 3.8) is 0 Å². The van der Waals surface area contributed by atoms with Crippen LogP contribution in [0.3, 0.4) is 0 Å². The van der Waals surface area contributed by atoms with Crippen LogP contribution >= 0.6 is 23.2 Å². The second-order valence-electron chi connectivity index (χ2n) is 4.07. The Morgan fingerprint density at radius 2 is 1.91 bits per heavy atom. The number of nitrogens with two attached hydrogens (primary N) is 1. The lowest BCUT2D eigenvalue weighted by atomic mass is 10.2. The molecule has 4 N–H and O–H groups in total. The van der Waals surface area contributed by atoms with Crippen molar-refractivity contribution >= 4 is 41.1 Å². The summed E-state index contributed by atoms with van der Waals surface area (Å²) in [4.78, 5) is 12.3. The van der Waals surface area contributed by atoms with Gasteiger partial charge in [-0.05, 0) is 23.1 Å². The van der Waals surface area contributed by atoms with Gasteiger partial charge in [-0.1, -0.05) is 12.1 Å². The van der Waals surface area contributed by atoms with Gasteiger partial charge in [0.05, 0.1) is 6.21 Å². The Morgan fingerprint density at radius 1 is 1.32 bits per heavy atom.